The minimum atomic E-state index is -0.941. The number of amides is 3. The summed E-state index contributed by atoms with van der Waals surface area (Å²) in [4.78, 5) is 41.4. The van der Waals surface area contributed by atoms with E-state index in [0.717, 1.165) is 31.2 Å². The Kier molecular flexibility index (Phi) is 8.14. The molecule has 0 unspecified atom stereocenters. The summed E-state index contributed by atoms with van der Waals surface area (Å²) in [6, 6.07) is 15.5. The van der Waals surface area contributed by atoms with Gasteiger partial charge in [0, 0.05) is 12.6 Å². The van der Waals surface area contributed by atoms with Crippen molar-refractivity contribution in [2.75, 3.05) is 6.54 Å². The Bertz CT molecular complexity index is 1060. The van der Waals surface area contributed by atoms with Crippen LogP contribution in [-0.4, -0.2) is 35.2 Å². The lowest BCUT2D eigenvalue weighted by Gasteiger charge is -2.32. The van der Waals surface area contributed by atoms with Crippen LogP contribution in [0.5, 0.6) is 0 Å². The second kappa shape index (κ2) is 11.7. The zero-order chi connectivity index (χ0) is 23.8. The van der Waals surface area contributed by atoms with E-state index >= 15 is 0 Å². The van der Waals surface area contributed by atoms with Gasteiger partial charge in [0.05, 0.1) is 17.7 Å². The number of hydrogen-bond donors (Lipinski definition) is 2. The number of benzene rings is 1. The van der Waals surface area contributed by atoms with E-state index in [9.17, 15) is 14.4 Å². The van der Waals surface area contributed by atoms with Gasteiger partial charge in [-0.1, -0.05) is 55.7 Å². The molecule has 3 aromatic rings. The van der Waals surface area contributed by atoms with Gasteiger partial charge in [-0.3, -0.25) is 14.4 Å². The Morgan fingerprint density at radius 3 is 2.47 bits per heavy atom. The van der Waals surface area contributed by atoms with Gasteiger partial charge in [-0.15, -0.1) is 11.3 Å². The van der Waals surface area contributed by atoms with Crippen molar-refractivity contribution >= 4 is 29.1 Å². The molecule has 4 rings (SSSR count). The Morgan fingerprint density at radius 1 is 1.00 bits per heavy atom. The second-order valence-corrected chi connectivity index (χ2v) is 9.38. The molecule has 1 aromatic carbocycles. The molecule has 2 N–H and O–H groups in total. The molecule has 0 spiro atoms. The summed E-state index contributed by atoms with van der Waals surface area (Å²) in [5.74, 6) is -0.559. The average Bonchev–Trinajstić information content (AvgIpc) is 3.58. The first-order chi connectivity index (χ1) is 16.6. The Labute approximate surface area is 203 Å². The smallest absolute Gasteiger partial charge is 0.261 e. The quantitative estimate of drug-likeness (QED) is 0.479. The van der Waals surface area contributed by atoms with Gasteiger partial charge in [0.1, 0.15) is 5.76 Å². The lowest BCUT2D eigenvalue weighted by atomic mass is 9.95. The van der Waals surface area contributed by atoms with Crippen LogP contribution in [0.15, 0.2) is 70.7 Å². The molecule has 1 aliphatic rings. The molecule has 1 fully saturated rings. The largest absolute Gasteiger partial charge is 0.467 e. The normalized spacial score (nSPS) is 14.8. The Balaban J connectivity index is 1.57. The number of carbonyl (C=O) groups excluding carboxylic acids is 3. The van der Waals surface area contributed by atoms with Crippen LogP contribution in [0.25, 0.3) is 0 Å². The molecule has 34 heavy (non-hydrogen) atoms. The van der Waals surface area contributed by atoms with Crippen LogP contribution in [0.2, 0.25) is 0 Å². The van der Waals surface area contributed by atoms with E-state index in [1.165, 1.54) is 28.9 Å². The lowest BCUT2D eigenvalue weighted by molar-refractivity contribution is -0.142. The SMILES string of the molecule is O=C(NCC(=O)N(Cc1ccccc1)[C@@H](C(=O)NC1CCCCC1)c1ccco1)c1cccs1. The number of nitrogens with one attached hydrogen (secondary N) is 2. The van der Waals surface area contributed by atoms with Crippen LogP contribution >= 0.6 is 11.3 Å². The molecule has 8 heteroatoms. The Hall–Kier alpha value is -3.39. The summed E-state index contributed by atoms with van der Waals surface area (Å²) in [6.45, 7) is -0.0184. The number of rotatable bonds is 9. The summed E-state index contributed by atoms with van der Waals surface area (Å²) >= 11 is 1.31. The first kappa shape index (κ1) is 23.8. The highest BCUT2D eigenvalue weighted by Crippen LogP contribution is 2.26. The zero-order valence-corrected chi connectivity index (χ0v) is 19.8. The van der Waals surface area contributed by atoms with Crippen molar-refractivity contribution in [3.8, 4) is 0 Å². The van der Waals surface area contributed by atoms with E-state index in [1.54, 1.807) is 29.6 Å². The van der Waals surface area contributed by atoms with Crippen LogP contribution < -0.4 is 10.6 Å². The minimum Gasteiger partial charge on any atom is -0.467 e. The Morgan fingerprint density at radius 2 is 1.79 bits per heavy atom. The molecule has 0 saturated heterocycles. The molecule has 1 saturated carbocycles. The van der Waals surface area contributed by atoms with Gasteiger partial charge in [0.15, 0.2) is 6.04 Å². The van der Waals surface area contributed by atoms with Crippen LogP contribution in [0, 0.1) is 0 Å². The van der Waals surface area contributed by atoms with Gasteiger partial charge < -0.3 is 20.0 Å². The first-order valence-electron chi connectivity index (χ1n) is 11.6. The molecular formula is C26H29N3O4S. The van der Waals surface area contributed by atoms with E-state index < -0.39 is 6.04 Å². The maximum absolute atomic E-state index is 13.5. The molecule has 2 heterocycles. The van der Waals surface area contributed by atoms with Gasteiger partial charge in [-0.05, 0) is 42.0 Å². The van der Waals surface area contributed by atoms with Crippen molar-refractivity contribution in [3.63, 3.8) is 0 Å². The fourth-order valence-corrected chi connectivity index (χ4v) is 4.89. The lowest BCUT2D eigenvalue weighted by Crippen LogP contribution is -2.49. The highest BCUT2D eigenvalue weighted by molar-refractivity contribution is 7.12. The van der Waals surface area contributed by atoms with Gasteiger partial charge >= 0.3 is 0 Å². The van der Waals surface area contributed by atoms with Crippen molar-refractivity contribution in [2.45, 2.75) is 50.7 Å². The molecule has 0 aliphatic heterocycles. The fraction of sp³-hybridized carbons (Fsp3) is 0.346. The van der Waals surface area contributed by atoms with Crippen molar-refractivity contribution < 1.29 is 18.8 Å². The van der Waals surface area contributed by atoms with E-state index in [1.807, 2.05) is 30.3 Å². The molecular weight excluding hydrogens is 450 g/mol. The predicted molar refractivity (Wildman–Crippen MR) is 130 cm³/mol. The van der Waals surface area contributed by atoms with Crippen LogP contribution in [-0.2, 0) is 16.1 Å². The van der Waals surface area contributed by atoms with E-state index in [-0.39, 0.29) is 36.9 Å². The first-order valence-corrected chi connectivity index (χ1v) is 12.5. The van der Waals surface area contributed by atoms with Crippen molar-refractivity contribution in [1.29, 1.82) is 0 Å². The molecule has 1 aliphatic carbocycles. The summed E-state index contributed by atoms with van der Waals surface area (Å²) in [6.07, 6.45) is 6.70. The summed E-state index contributed by atoms with van der Waals surface area (Å²) < 4.78 is 5.62. The summed E-state index contributed by atoms with van der Waals surface area (Å²) in [5, 5.41) is 7.63. The van der Waals surface area contributed by atoms with Gasteiger partial charge in [-0.2, -0.15) is 0 Å². The fourth-order valence-electron chi connectivity index (χ4n) is 4.25. The average molecular weight is 480 g/mol. The van der Waals surface area contributed by atoms with Crippen LogP contribution in [0.1, 0.15) is 59.1 Å². The highest BCUT2D eigenvalue weighted by atomic mass is 32.1. The van der Waals surface area contributed by atoms with E-state index in [4.69, 9.17) is 4.42 Å². The maximum atomic E-state index is 13.5. The summed E-state index contributed by atoms with van der Waals surface area (Å²) in [7, 11) is 0. The predicted octanol–water partition coefficient (Wildman–Crippen LogP) is 4.29. The molecule has 178 valence electrons. The van der Waals surface area contributed by atoms with Crippen LogP contribution in [0.3, 0.4) is 0 Å². The number of furan rings is 1. The van der Waals surface area contributed by atoms with Gasteiger partial charge in [-0.25, -0.2) is 0 Å². The van der Waals surface area contributed by atoms with Crippen molar-refractivity contribution in [2.24, 2.45) is 0 Å². The third kappa shape index (κ3) is 6.14. The van der Waals surface area contributed by atoms with Crippen LogP contribution in [0.4, 0.5) is 0 Å². The molecule has 7 nitrogen and oxygen atoms in total. The van der Waals surface area contributed by atoms with E-state index in [2.05, 4.69) is 10.6 Å². The van der Waals surface area contributed by atoms with Gasteiger partial charge in [0.2, 0.25) is 5.91 Å². The van der Waals surface area contributed by atoms with Crippen molar-refractivity contribution in [1.82, 2.24) is 15.5 Å². The number of carbonyl (C=O) groups is 3. The molecule has 1 atom stereocenters. The highest BCUT2D eigenvalue weighted by Gasteiger charge is 2.35. The summed E-state index contributed by atoms with van der Waals surface area (Å²) in [5.41, 5.74) is 0.877. The molecule has 0 bridgehead atoms. The maximum Gasteiger partial charge on any atom is 0.261 e. The molecule has 2 aromatic heterocycles. The number of hydrogen-bond acceptors (Lipinski definition) is 5. The number of thiophene rings is 1. The van der Waals surface area contributed by atoms with Crippen molar-refractivity contribution in [3.05, 3.63) is 82.4 Å². The van der Waals surface area contributed by atoms with Gasteiger partial charge in [0.25, 0.3) is 11.8 Å². The minimum absolute atomic E-state index is 0.0888. The topological polar surface area (TPSA) is 91.7 Å². The standard InChI is InChI=1S/C26H29N3O4S/c30-23(17-27-25(31)22-14-8-16-34-22)29(18-19-9-3-1-4-10-19)24(21-13-7-15-33-21)26(32)28-20-11-5-2-6-12-20/h1,3-4,7-10,13-16,20,24H,2,5-6,11-12,17-18H2,(H,27,31)(H,28,32)/t24-/m1/s1. The third-order valence-electron chi connectivity index (χ3n) is 5.99. The molecule has 0 radical (unpaired) electrons. The second-order valence-electron chi connectivity index (χ2n) is 8.43. The zero-order valence-electron chi connectivity index (χ0n) is 18.9. The number of nitrogens with zero attached hydrogens (tertiary/aromatic N) is 1. The molecule has 3 amide bonds. The third-order valence-corrected chi connectivity index (χ3v) is 6.85. The monoisotopic (exact) mass is 479 g/mol. The van der Waals surface area contributed by atoms with E-state index in [0.29, 0.717) is 10.6 Å².